The van der Waals surface area contributed by atoms with Crippen molar-refractivity contribution in [3.05, 3.63) is 24.3 Å². The number of anilines is 2. The van der Waals surface area contributed by atoms with Gasteiger partial charge in [-0.05, 0) is 62.0 Å². The monoisotopic (exact) mass is 289 g/mol. The van der Waals surface area contributed by atoms with E-state index < -0.39 is 0 Å². The molecule has 0 saturated carbocycles. The summed E-state index contributed by atoms with van der Waals surface area (Å²) >= 11 is 0. The van der Waals surface area contributed by atoms with Crippen LogP contribution in [0.4, 0.5) is 11.4 Å². The highest BCUT2D eigenvalue weighted by Crippen LogP contribution is 2.23. The summed E-state index contributed by atoms with van der Waals surface area (Å²) in [5, 5.41) is 2.91. The van der Waals surface area contributed by atoms with Crippen molar-refractivity contribution in [1.82, 2.24) is 4.90 Å². The Morgan fingerprint density at radius 3 is 2.71 bits per heavy atom. The third-order valence-corrected chi connectivity index (χ3v) is 4.32. The molecule has 0 radical (unpaired) electrons. The van der Waals surface area contributed by atoms with E-state index in [0.29, 0.717) is 12.1 Å². The Bertz CT molecular complexity index is 456. The second-order valence-corrected chi connectivity index (χ2v) is 6.37. The van der Waals surface area contributed by atoms with Crippen molar-refractivity contribution >= 4 is 17.3 Å². The molecule has 3 N–H and O–H groups in total. The van der Waals surface area contributed by atoms with Gasteiger partial charge in [-0.25, -0.2) is 0 Å². The van der Waals surface area contributed by atoms with Gasteiger partial charge in [0.15, 0.2) is 0 Å². The maximum absolute atomic E-state index is 11.9. The molecule has 1 unspecified atom stereocenters. The molecule has 1 amide bonds. The van der Waals surface area contributed by atoms with Gasteiger partial charge in [-0.2, -0.15) is 0 Å². The molecule has 1 fully saturated rings. The normalized spacial score (nSPS) is 19.1. The zero-order valence-corrected chi connectivity index (χ0v) is 13.1. The quantitative estimate of drug-likeness (QED) is 0.792. The van der Waals surface area contributed by atoms with Gasteiger partial charge >= 0.3 is 0 Å². The van der Waals surface area contributed by atoms with E-state index in [0.717, 1.165) is 30.5 Å². The van der Waals surface area contributed by atoms with Gasteiger partial charge in [-0.3, -0.25) is 4.79 Å². The first-order valence-corrected chi connectivity index (χ1v) is 7.92. The Labute approximate surface area is 127 Å². The molecule has 0 spiro atoms. The molecule has 0 aromatic heterocycles. The summed E-state index contributed by atoms with van der Waals surface area (Å²) in [4.78, 5) is 14.4. The van der Waals surface area contributed by atoms with E-state index in [1.807, 2.05) is 12.1 Å². The second kappa shape index (κ2) is 7.46. The highest BCUT2D eigenvalue weighted by Gasteiger charge is 2.24. The van der Waals surface area contributed by atoms with Gasteiger partial charge in [0.05, 0.1) is 0 Å². The van der Waals surface area contributed by atoms with Crippen molar-refractivity contribution in [1.29, 1.82) is 0 Å². The Morgan fingerprint density at radius 1 is 1.38 bits per heavy atom. The van der Waals surface area contributed by atoms with E-state index >= 15 is 0 Å². The third kappa shape index (κ3) is 5.05. The number of nitrogens with one attached hydrogen (secondary N) is 1. The van der Waals surface area contributed by atoms with Crippen molar-refractivity contribution in [2.24, 2.45) is 11.8 Å². The number of likely N-dealkylation sites (tertiary alicyclic amines) is 1. The van der Waals surface area contributed by atoms with Crippen molar-refractivity contribution < 1.29 is 4.79 Å². The Morgan fingerprint density at radius 2 is 2.10 bits per heavy atom. The van der Waals surface area contributed by atoms with Crippen LogP contribution in [-0.4, -0.2) is 30.4 Å². The molecule has 4 nitrogen and oxygen atoms in total. The lowest BCUT2D eigenvalue weighted by molar-refractivity contribution is -0.116. The first-order valence-electron chi connectivity index (χ1n) is 7.92. The van der Waals surface area contributed by atoms with Crippen LogP contribution in [0.1, 0.15) is 33.1 Å². The summed E-state index contributed by atoms with van der Waals surface area (Å²) in [6, 6.07) is 7.26. The first-order chi connectivity index (χ1) is 10.0. The fraction of sp³-hybridized carbons (Fsp3) is 0.588. The largest absolute Gasteiger partial charge is 0.399 e. The number of benzene rings is 1. The van der Waals surface area contributed by atoms with Gasteiger partial charge in [-0.1, -0.05) is 13.8 Å². The summed E-state index contributed by atoms with van der Waals surface area (Å²) in [7, 11) is 0. The topological polar surface area (TPSA) is 58.4 Å². The third-order valence-electron chi connectivity index (χ3n) is 4.32. The van der Waals surface area contributed by atoms with Gasteiger partial charge < -0.3 is 16.0 Å². The molecule has 1 aromatic rings. The fourth-order valence-electron chi connectivity index (χ4n) is 2.86. The standard InChI is InChI=1S/C17H27N3O/c1-13(2)14-9-11-20(12-14)10-3-4-17(21)19-16-7-5-15(18)6-8-16/h5-8,13-14H,3-4,9-12,18H2,1-2H3,(H,19,21). The van der Waals surface area contributed by atoms with Crippen LogP contribution >= 0.6 is 0 Å². The molecule has 116 valence electrons. The van der Waals surface area contributed by atoms with Crippen LogP contribution in [0.5, 0.6) is 0 Å². The summed E-state index contributed by atoms with van der Waals surface area (Å²) in [5.41, 5.74) is 7.15. The van der Waals surface area contributed by atoms with E-state index in [1.54, 1.807) is 12.1 Å². The van der Waals surface area contributed by atoms with E-state index in [2.05, 4.69) is 24.1 Å². The number of hydrogen-bond donors (Lipinski definition) is 2. The fourth-order valence-corrected chi connectivity index (χ4v) is 2.86. The number of hydrogen-bond acceptors (Lipinski definition) is 3. The minimum absolute atomic E-state index is 0.0828. The van der Waals surface area contributed by atoms with E-state index in [9.17, 15) is 4.79 Å². The molecule has 1 saturated heterocycles. The van der Waals surface area contributed by atoms with Gasteiger partial charge in [-0.15, -0.1) is 0 Å². The molecule has 1 aliphatic rings. The van der Waals surface area contributed by atoms with Crippen LogP contribution in [0.2, 0.25) is 0 Å². The highest BCUT2D eigenvalue weighted by molar-refractivity contribution is 5.90. The number of carbonyl (C=O) groups excluding carboxylic acids is 1. The number of rotatable bonds is 6. The lowest BCUT2D eigenvalue weighted by Crippen LogP contribution is -2.24. The summed E-state index contributed by atoms with van der Waals surface area (Å²) in [6.45, 7) is 8.00. The zero-order valence-electron chi connectivity index (χ0n) is 13.1. The first kappa shape index (κ1) is 15.8. The van der Waals surface area contributed by atoms with Crippen molar-refractivity contribution in [3.63, 3.8) is 0 Å². The number of nitrogens with two attached hydrogens (primary N) is 1. The van der Waals surface area contributed by atoms with Crippen LogP contribution in [0, 0.1) is 11.8 Å². The summed E-state index contributed by atoms with van der Waals surface area (Å²) in [6.07, 6.45) is 2.80. The van der Waals surface area contributed by atoms with E-state index in [-0.39, 0.29) is 5.91 Å². The van der Waals surface area contributed by atoms with Crippen LogP contribution in [0.3, 0.4) is 0 Å². The van der Waals surface area contributed by atoms with Gasteiger partial charge in [0, 0.05) is 24.3 Å². The van der Waals surface area contributed by atoms with Crippen LogP contribution < -0.4 is 11.1 Å². The van der Waals surface area contributed by atoms with Crippen molar-refractivity contribution in [2.75, 3.05) is 30.7 Å². The molecule has 0 bridgehead atoms. The van der Waals surface area contributed by atoms with Crippen LogP contribution in [-0.2, 0) is 4.79 Å². The van der Waals surface area contributed by atoms with Crippen LogP contribution in [0.25, 0.3) is 0 Å². The Kier molecular flexibility index (Phi) is 5.62. The van der Waals surface area contributed by atoms with Crippen molar-refractivity contribution in [2.45, 2.75) is 33.1 Å². The Hall–Kier alpha value is -1.55. The van der Waals surface area contributed by atoms with E-state index in [4.69, 9.17) is 5.73 Å². The Balaban J connectivity index is 1.65. The molecule has 1 heterocycles. The van der Waals surface area contributed by atoms with Crippen LogP contribution in [0.15, 0.2) is 24.3 Å². The number of amides is 1. The highest BCUT2D eigenvalue weighted by atomic mass is 16.1. The molecule has 2 rings (SSSR count). The molecule has 4 heteroatoms. The molecule has 1 atom stereocenters. The lowest BCUT2D eigenvalue weighted by Gasteiger charge is -2.17. The lowest BCUT2D eigenvalue weighted by atomic mass is 9.95. The number of nitrogens with zero attached hydrogens (tertiary/aromatic N) is 1. The molecule has 1 aliphatic heterocycles. The zero-order chi connectivity index (χ0) is 15.2. The average molecular weight is 289 g/mol. The minimum atomic E-state index is 0.0828. The smallest absolute Gasteiger partial charge is 0.224 e. The molecule has 1 aromatic carbocycles. The van der Waals surface area contributed by atoms with Gasteiger partial charge in [0.2, 0.25) is 5.91 Å². The molecule has 21 heavy (non-hydrogen) atoms. The predicted molar refractivity (Wildman–Crippen MR) is 88.1 cm³/mol. The number of carbonyl (C=O) groups is 1. The second-order valence-electron chi connectivity index (χ2n) is 6.37. The summed E-state index contributed by atoms with van der Waals surface area (Å²) < 4.78 is 0. The molecular formula is C17H27N3O. The maximum atomic E-state index is 11.9. The molecule has 0 aliphatic carbocycles. The van der Waals surface area contributed by atoms with Gasteiger partial charge in [0.1, 0.15) is 0 Å². The van der Waals surface area contributed by atoms with Crippen molar-refractivity contribution in [3.8, 4) is 0 Å². The predicted octanol–water partition coefficient (Wildman–Crippen LogP) is 2.97. The SMILES string of the molecule is CC(C)C1CCN(CCCC(=O)Nc2ccc(N)cc2)C1. The molecular weight excluding hydrogens is 262 g/mol. The maximum Gasteiger partial charge on any atom is 0.224 e. The average Bonchev–Trinajstić information content (AvgIpc) is 2.90. The summed E-state index contributed by atoms with van der Waals surface area (Å²) in [5.74, 6) is 1.68. The van der Waals surface area contributed by atoms with Gasteiger partial charge in [0.25, 0.3) is 0 Å². The minimum Gasteiger partial charge on any atom is -0.399 e. The van der Waals surface area contributed by atoms with E-state index in [1.165, 1.54) is 19.5 Å². The number of nitrogen functional groups attached to an aromatic ring is 1.